The lowest BCUT2D eigenvalue weighted by Gasteiger charge is -2.32. The molecule has 0 unspecified atom stereocenters. The van der Waals surface area contributed by atoms with Gasteiger partial charge < -0.3 is 9.64 Å². The van der Waals surface area contributed by atoms with Gasteiger partial charge >= 0.3 is 0 Å². The van der Waals surface area contributed by atoms with Crippen LogP contribution in [0.4, 0.5) is 0 Å². The topological polar surface area (TPSA) is 29.5 Å². The fourth-order valence-electron chi connectivity index (χ4n) is 1.99. The second-order valence-corrected chi connectivity index (χ2v) is 3.70. The Labute approximate surface area is 80.1 Å². The molecule has 13 heavy (non-hydrogen) atoms. The standard InChI is InChI=1S/C10H19NO2/c1-9(12)11(8-13-2)10-6-4-3-5-7-10/h10H,3-8H2,1-2H3. The van der Waals surface area contributed by atoms with Gasteiger partial charge in [-0.2, -0.15) is 0 Å². The van der Waals surface area contributed by atoms with E-state index < -0.39 is 0 Å². The fourth-order valence-corrected chi connectivity index (χ4v) is 1.99. The Morgan fingerprint density at radius 1 is 1.38 bits per heavy atom. The van der Waals surface area contributed by atoms with Crippen molar-refractivity contribution in [3.63, 3.8) is 0 Å². The van der Waals surface area contributed by atoms with Crippen LogP contribution in [0.15, 0.2) is 0 Å². The van der Waals surface area contributed by atoms with Crippen molar-refractivity contribution in [3.8, 4) is 0 Å². The van der Waals surface area contributed by atoms with Crippen LogP contribution in [0.5, 0.6) is 0 Å². The van der Waals surface area contributed by atoms with Gasteiger partial charge in [0.05, 0.1) is 0 Å². The molecule has 0 spiro atoms. The number of carbonyl (C=O) groups is 1. The molecule has 0 N–H and O–H groups in total. The predicted octanol–water partition coefficient (Wildman–Crippen LogP) is 1.77. The van der Waals surface area contributed by atoms with Gasteiger partial charge in [-0.3, -0.25) is 4.79 Å². The molecule has 0 aliphatic heterocycles. The van der Waals surface area contributed by atoms with Gasteiger partial charge in [0, 0.05) is 20.1 Å². The monoisotopic (exact) mass is 185 g/mol. The first-order chi connectivity index (χ1) is 6.25. The van der Waals surface area contributed by atoms with Gasteiger partial charge in [0.2, 0.25) is 5.91 Å². The number of hydrogen-bond acceptors (Lipinski definition) is 2. The first kappa shape index (κ1) is 10.5. The van der Waals surface area contributed by atoms with Gasteiger partial charge in [-0.25, -0.2) is 0 Å². The van der Waals surface area contributed by atoms with Gasteiger partial charge in [0.15, 0.2) is 0 Å². The second-order valence-electron chi connectivity index (χ2n) is 3.70. The molecule has 0 saturated heterocycles. The zero-order chi connectivity index (χ0) is 9.68. The molecule has 1 aliphatic carbocycles. The number of nitrogens with zero attached hydrogens (tertiary/aromatic N) is 1. The molecule has 3 heteroatoms. The third-order valence-electron chi connectivity index (χ3n) is 2.69. The lowest BCUT2D eigenvalue weighted by atomic mass is 9.94. The zero-order valence-corrected chi connectivity index (χ0v) is 8.58. The van der Waals surface area contributed by atoms with Gasteiger partial charge in [-0.05, 0) is 12.8 Å². The van der Waals surface area contributed by atoms with E-state index in [9.17, 15) is 4.79 Å². The van der Waals surface area contributed by atoms with Crippen molar-refractivity contribution in [3.05, 3.63) is 0 Å². The molecule has 0 heterocycles. The molecule has 1 aliphatic rings. The summed E-state index contributed by atoms with van der Waals surface area (Å²) in [7, 11) is 1.64. The van der Waals surface area contributed by atoms with E-state index >= 15 is 0 Å². The van der Waals surface area contributed by atoms with Crippen LogP contribution in [-0.4, -0.2) is 30.7 Å². The number of carbonyl (C=O) groups excluding carboxylic acids is 1. The highest BCUT2D eigenvalue weighted by molar-refractivity contribution is 5.73. The molecule has 1 rings (SSSR count). The number of amides is 1. The molecule has 0 radical (unpaired) electrons. The summed E-state index contributed by atoms with van der Waals surface area (Å²) in [5.74, 6) is 0.133. The first-order valence-corrected chi connectivity index (χ1v) is 5.02. The molecule has 0 aromatic carbocycles. The number of methoxy groups -OCH3 is 1. The second kappa shape index (κ2) is 5.22. The van der Waals surface area contributed by atoms with E-state index in [1.165, 1.54) is 19.3 Å². The van der Waals surface area contributed by atoms with Gasteiger partial charge in [0.1, 0.15) is 6.73 Å². The van der Waals surface area contributed by atoms with Crippen molar-refractivity contribution in [2.75, 3.05) is 13.8 Å². The Morgan fingerprint density at radius 3 is 2.46 bits per heavy atom. The summed E-state index contributed by atoms with van der Waals surface area (Å²) in [5.41, 5.74) is 0. The van der Waals surface area contributed by atoms with Crippen LogP contribution in [0, 0.1) is 0 Å². The average Bonchev–Trinajstić information content (AvgIpc) is 2.15. The van der Waals surface area contributed by atoms with Crippen LogP contribution in [0.3, 0.4) is 0 Å². The van der Waals surface area contributed by atoms with E-state index in [0.29, 0.717) is 12.8 Å². The first-order valence-electron chi connectivity index (χ1n) is 5.02. The van der Waals surface area contributed by atoms with Gasteiger partial charge in [-0.15, -0.1) is 0 Å². The summed E-state index contributed by atoms with van der Waals surface area (Å²) in [6.07, 6.45) is 6.09. The van der Waals surface area contributed by atoms with Crippen LogP contribution in [0.1, 0.15) is 39.0 Å². The summed E-state index contributed by atoms with van der Waals surface area (Å²) in [4.78, 5) is 13.1. The molecule has 0 atom stereocenters. The van der Waals surface area contributed by atoms with Crippen LogP contribution >= 0.6 is 0 Å². The van der Waals surface area contributed by atoms with E-state index in [2.05, 4.69) is 0 Å². The largest absolute Gasteiger partial charge is 0.364 e. The van der Waals surface area contributed by atoms with Crippen molar-refractivity contribution in [1.29, 1.82) is 0 Å². The normalized spacial score (nSPS) is 18.6. The van der Waals surface area contributed by atoms with E-state index in [1.807, 2.05) is 4.90 Å². The summed E-state index contributed by atoms with van der Waals surface area (Å²) < 4.78 is 5.02. The van der Waals surface area contributed by atoms with Gasteiger partial charge in [-0.1, -0.05) is 19.3 Å². The maximum Gasteiger partial charge on any atom is 0.221 e. The van der Waals surface area contributed by atoms with E-state index in [0.717, 1.165) is 12.8 Å². The lowest BCUT2D eigenvalue weighted by Crippen LogP contribution is -2.41. The Bertz CT molecular complexity index is 164. The molecule has 0 aromatic rings. The minimum atomic E-state index is 0.133. The molecule has 0 aromatic heterocycles. The highest BCUT2D eigenvalue weighted by Gasteiger charge is 2.22. The van der Waals surface area contributed by atoms with Crippen molar-refractivity contribution in [2.24, 2.45) is 0 Å². The quantitative estimate of drug-likeness (QED) is 0.627. The number of rotatable bonds is 3. The summed E-state index contributed by atoms with van der Waals surface area (Å²) in [6.45, 7) is 2.06. The van der Waals surface area contributed by atoms with Crippen molar-refractivity contribution >= 4 is 5.91 Å². The summed E-state index contributed by atoms with van der Waals surface area (Å²) >= 11 is 0. The van der Waals surface area contributed by atoms with Crippen molar-refractivity contribution in [1.82, 2.24) is 4.90 Å². The van der Waals surface area contributed by atoms with Crippen LogP contribution in [0.2, 0.25) is 0 Å². The zero-order valence-electron chi connectivity index (χ0n) is 8.58. The molecule has 1 amide bonds. The molecule has 1 fully saturated rings. The smallest absolute Gasteiger partial charge is 0.221 e. The Kier molecular flexibility index (Phi) is 4.22. The SMILES string of the molecule is COCN(C(C)=O)C1CCCCC1. The third kappa shape index (κ3) is 2.99. The molecule has 1 saturated carbocycles. The predicted molar refractivity (Wildman–Crippen MR) is 51.3 cm³/mol. The van der Waals surface area contributed by atoms with E-state index in [-0.39, 0.29) is 5.91 Å². The molecule has 0 bridgehead atoms. The molecule has 76 valence electrons. The number of ether oxygens (including phenoxy) is 1. The lowest BCUT2D eigenvalue weighted by molar-refractivity contribution is -0.137. The highest BCUT2D eigenvalue weighted by atomic mass is 16.5. The summed E-state index contributed by atoms with van der Waals surface area (Å²) in [6, 6.07) is 0.422. The molecular weight excluding hydrogens is 166 g/mol. The maximum atomic E-state index is 11.3. The third-order valence-corrected chi connectivity index (χ3v) is 2.69. The van der Waals surface area contributed by atoms with Gasteiger partial charge in [0.25, 0.3) is 0 Å². The van der Waals surface area contributed by atoms with Crippen LogP contribution in [-0.2, 0) is 9.53 Å². The van der Waals surface area contributed by atoms with Crippen LogP contribution in [0.25, 0.3) is 0 Å². The number of hydrogen-bond donors (Lipinski definition) is 0. The van der Waals surface area contributed by atoms with Crippen molar-refractivity contribution < 1.29 is 9.53 Å². The van der Waals surface area contributed by atoms with Crippen LogP contribution < -0.4 is 0 Å². The molecular formula is C10H19NO2. The average molecular weight is 185 g/mol. The fraction of sp³-hybridized carbons (Fsp3) is 0.900. The van der Waals surface area contributed by atoms with E-state index in [4.69, 9.17) is 4.74 Å². The van der Waals surface area contributed by atoms with E-state index in [1.54, 1.807) is 14.0 Å². The Hall–Kier alpha value is -0.570. The minimum absolute atomic E-state index is 0.133. The maximum absolute atomic E-state index is 11.3. The van der Waals surface area contributed by atoms with Crippen molar-refractivity contribution in [2.45, 2.75) is 45.1 Å². The highest BCUT2D eigenvalue weighted by Crippen LogP contribution is 2.22. The Balaban J connectivity index is 2.46. The minimum Gasteiger partial charge on any atom is -0.364 e. The molecule has 3 nitrogen and oxygen atoms in total. The summed E-state index contributed by atoms with van der Waals surface area (Å²) in [5, 5.41) is 0. The Morgan fingerprint density at radius 2 is 2.00 bits per heavy atom.